The number of ether oxygens (including phenoxy) is 1. The summed E-state index contributed by atoms with van der Waals surface area (Å²) < 4.78 is 5.92. The van der Waals surface area contributed by atoms with Gasteiger partial charge in [-0.1, -0.05) is 80.6 Å². The molecule has 0 aliphatic rings. The molecule has 3 aromatic rings. The van der Waals surface area contributed by atoms with Crippen molar-refractivity contribution in [2.75, 3.05) is 11.9 Å². The Hall–Kier alpha value is -3.07. The second-order valence-corrected chi connectivity index (χ2v) is 6.75. The Balaban J connectivity index is 1.60. The van der Waals surface area contributed by atoms with Gasteiger partial charge >= 0.3 is 0 Å². The van der Waals surface area contributed by atoms with E-state index < -0.39 is 0 Å². The zero-order chi connectivity index (χ0) is 19.1. The van der Waals surface area contributed by atoms with E-state index in [1.807, 2.05) is 66.7 Å². The third kappa shape index (κ3) is 4.98. The highest BCUT2D eigenvalue weighted by molar-refractivity contribution is 5.91. The van der Waals surface area contributed by atoms with Crippen molar-refractivity contribution in [1.82, 2.24) is 0 Å². The van der Waals surface area contributed by atoms with Gasteiger partial charge in [0, 0.05) is 11.3 Å². The van der Waals surface area contributed by atoms with E-state index in [2.05, 4.69) is 31.3 Å². The third-order valence-corrected chi connectivity index (χ3v) is 4.42. The lowest BCUT2D eigenvalue weighted by Gasteiger charge is -2.14. The van der Waals surface area contributed by atoms with Crippen LogP contribution in [0.4, 0.5) is 5.69 Å². The first kappa shape index (κ1) is 18.7. The van der Waals surface area contributed by atoms with E-state index in [4.69, 9.17) is 4.74 Å². The lowest BCUT2D eigenvalue weighted by Crippen LogP contribution is -2.16. The van der Waals surface area contributed by atoms with Gasteiger partial charge in [-0.2, -0.15) is 0 Å². The van der Waals surface area contributed by atoms with Crippen molar-refractivity contribution in [1.29, 1.82) is 0 Å². The number of hydrogen-bond acceptors (Lipinski definition) is 2. The number of carbonyl (C=O) groups is 1. The van der Waals surface area contributed by atoms with Crippen molar-refractivity contribution in [2.45, 2.75) is 26.2 Å². The predicted molar refractivity (Wildman–Crippen MR) is 111 cm³/mol. The van der Waals surface area contributed by atoms with Crippen LogP contribution in [-0.4, -0.2) is 12.5 Å². The lowest BCUT2D eigenvalue weighted by atomic mass is 10.0. The molecule has 3 rings (SSSR count). The second-order valence-electron chi connectivity index (χ2n) is 6.75. The highest BCUT2D eigenvalue weighted by Gasteiger charge is 2.10. The second kappa shape index (κ2) is 9.04. The number of rotatable bonds is 7. The summed E-state index contributed by atoms with van der Waals surface area (Å²) in [6.07, 6.45) is 0.301. The molecule has 0 saturated heterocycles. The van der Waals surface area contributed by atoms with Crippen LogP contribution in [-0.2, 0) is 4.79 Å². The Morgan fingerprint density at radius 1 is 0.889 bits per heavy atom. The minimum atomic E-state index is -0.0414. The number of nitrogens with one attached hydrogen (secondary N) is 1. The minimum Gasteiger partial charge on any atom is -0.492 e. The molecular formula is C24H25NO2. The summed E-state index contributed by atoms with van der Waals surface area (Å²) in [5.41, 5.74) is 4.15. The summed E-state index contributed by atoms with van der Waals surface area (Å²) in [6.45, 7) is 4.57. The number of para-hydroxylation sites is 2. The van der Waals surface area contributed by atoms with Gasteiger partial charge in [-0.25, -0.2) is 0 Å². The van der Waals surface area contributed by atoms with Crippen LogP contribution in [0.15, 0.2) is 78.9 Å². The zero-order valence-electron chi connectivity index (χ0n) is 15.8. The molecule has 0 aromatic heterocycles. The number of amides is 1. The van der Waals surface area contributed by atoms with E-state index in [1.165, 1.54) is 0 Å². The molecule has 138 valence electrons. The molecule has 0 aliphatic heterocycles. The Morgan fingerprint density at radius 2 is 1.56 bits per heavy atom. The van der Waals surface area contributed by atoms with Gasteiger partial charge < -0.3 is 10.1 Å². The summed E-state index contributed by atoms with van der Waals surface area (Å²) in [6, 6.07) is 25.9. The first-order valence-electron chi connectivity index (χ1n) is 9.31. The van der Waals surface area contributed by atoms with Crippen LogP contribution in [0.2, 0.25) is 0 Å². The molecule has 27 heavy (non-hydrogen) atoms. The molecule has 3 heteroatoms. The van der Waals surface area contributed by atoms with E-state index in [0.29, 0.717) is 18.9 Å². The van der Waals surface area contributed by atoms with Gasteiger partial charge in [-0.15, -0.1) is 0 Å². The number of hydrogen-bond donors (Lipinski definition) is 1. The fourth-order valence-corrected chi connectivity index (χ4v) is 3.03. The van der Waals surface area contributed by atoms with Crippen LogP contribution < -0.4 is 10.1 Å². The molecule has 0 fully saturated rings. The Morgan fingerprint density at radius 3 is 2.33 bits per heavy atom. The Kier molecular flexibility index (Phi) is 6.26. The van der Waals surface area contributed by atoms with Crippen LogP contribution in [0.1, 0.15) is 31.7 Å². The van der Waals surface area contributed by atoms with Crippen LogP contribution in [0.3, 0.4) is 0 Å². The Labute approximate surface area is 161 Å². The van der Waals surface area contributed by atoms with Crippen molar-refractivity contribution < 1.29 is 9.53 Å². The van der Waals surface area contributed by atoms with E-state index in [0.717, 1.165) is 28.1 Å². The quantitative estimate of drug-likeness (QED) is 0.572. The van der Waals surface area contributed by atoms with Gasteiger partial charge in [0.2, 0.25) is 5.91 Å². The normalized spacial score (nSPS) is 10.6. The van der Waals surface area contributed by atoms with E-state index >= 15 is 0 Å². The van der Waals surface area contributed by atoms with Gasteiger partial charge in [0.15, 0.2) is 0 Å². The van der Waals surface area contributed by atoms with Gasteiger partial charge in [0.05, 0.1) is 13.0 Å². The molecule has 0 unspecified atom stereocenters. The molecule has 0 radical (unpaired) electrons. The van der Waals surface area contributed by atoms with Gasteiger partial charge in [0.1, 0.15) is 5.75 Å². The van der Waals surface area contributed by atoms with E-state index in [1.54, 1.807) is 0 Å². The monoisotopic (exact) mass is 359 g/mol. The lowest BCUT2D eigenvalue weighted by molar-refractivity contribution is -0.116. The highest BCUT2D eigenvalue weighted by Crippen LogP contribution is 2.29. The molecule has 0 spiro atoms. The Bertz CT molecular complexity index is 888. The zero-order valence-corrected chi connectivity index (χ0v) is 15.8. The molecule has 0 aliphatic carbocycles. The molecule has 1 N–H and O–H groups in total. The number of benzene rings is 3. The van der Waals surface area contributed by atoms with Crippen molar-refractivity contribution in [3.05, 3.63) is 84.4 Å². The first-order chi connectivity index (χ1) is 13.1. The smallest absolute Gasteiger partial charge is 0.227 e. The number of anilines is 1. The van der Waals surface area contributed by atoms with Crippen LogP contribution >= 0.6 is 0 Å². The van der Waals surface area contributed by atoms with Gasteiger partial charge in [-0.05, 0) is 29.2 Å². The summed E-state index contributed by atoms with van der Waals surface area (Å²) in [5, 5.41) is 3.01. The fraction of sp³-hybridized carbons (Fsp3) is 0.208. The van der Waals surface area contributed by atoms with Crippen molar-refractivity contribution in [2.24, 2.45) is 0 Å². The molecule has 0 atom stereocenters. The van der Waals surface area contributed by atoms with Gasteiger partial charge in [-0.3, -0.25) is 4.79 Å². The number of carbonyl (C=O) groups excluding carboxylic acids is 1. The van der Waals surface area contributed by atoms with Crippen molar-refractivity contribution in [3.8, 4) is 16.9 Å². The SMILES string of the molecule is CC(C)c1ccccc1NC(=O)CCOc1ccccc1-c1ccccc1. The van der Waals surface area contributed by atoms with Crippen LogP contribution in [0.5, 0.6) is 5.75 Å². The topological polar surface area (TPSA) is 38.3 Å². The molecular weight excluding hydrogens is 334 g/mol. The summed E-state index contributed by atoms with van der Waals surface area (Å²) >= 11 is 0. The fourth-order valence-electron chi connectivity index (χ4n) is 3.03. The first-order valence-corrected chi connectivity index (χ1v) is 9.31. The average Bonchev–Trinajstić information content (AvgIpc) is 2.69. The average molecular weight is 359 g/mol. The van der Waals surface area contributed by atoms with Crippen LogP contribution in [0, 0.1) is 0 Å². The van der Waals surface area contributed by atoms with E-state index in [-0.39, 0.29) is 5.91 Å². The third-order valence-electron chi connectivity index (χ3n) is 4.42. The molecule has 1 amide bonds. The molecule has 0 saturated carbocycles. The summed E-state index contributed by atoms with van der Waals surface area (Å²) in [5.74, 6) is 1.11. The maximum Gasteiger partial charge on any atom is 0.227 e. The predicted octanol–water partition coefficient (Wildman–Crippen LogP) is 5.88. The van der Waals surface area contributed by atoms with Crippen molar-refractivity contribution >= 4 is 11.6 Å². The largest absolute Gasteiger partial charge is 0.492 e. The van der Waals surface area contributed by atoms with Crippen molar-refractivity contribution in [3.63, 3.8) is 0 Å². The highest BCUT2D eigenvalue weighted by atomic mass is 16.5. The summed E-state index contributed by atoms with van der Waals surface area (Å²) in [7, 11) is 0. The van der Waals surface area contributed by atoms with E-state index in [9.17, 15) is 4.79 Å². The maximum absolute atomic E-state index is 12.3. The maximum atomic E-state index is 12.3. The molecule has 0 bridgehead atoms. The molecule has 3 aromatic carbocycles. The standard InChI is InChI=1S/C24H25NO2/c1-18(2)20-12-6-8-14-22(20)25-24(26)16-17-27-23-15-9-7-13-21(23)19-10-4-3-5-11-19/h3-15,18H,16-17H2,1-2H3,(H,25,26). The minimum absolute atomic E-state index is 0.0414. The molecule has 3 nitrogen and oxygen atoms in total. The van der Waals surface area contributed by atoms with Gasteiger partial charge in [0.25, 0.3) is 0 Å². The van der Waals surface area contributed by atoms with Crippen LogP contribution in [0.25, 0.3) is 11.1 Å². The molecule has 0 heterocycles. The summed E-state index contributed by atoms with van der Waals surface area (Å²) in [4.78, 5) is 12.3.